The van der Waals surface area contributed by atoms with Gasteiger partial charge in [0.15, 0.2) is 10.6 Å². The molecular formula is C17H21ClN4OS. The molecule has 0 saturated heterocycles. The van der Waals surface area contributed by atoms with Crippen LogP contribution in [0.3, 0.4) is 0 Å². The van der Waals surface area contributed by atoms with E-state index >= 15 is 0 Å². The van der Waals surface area contributed by atoms with Gasteiger partial charge in [-0.25, -0.2) is 0 Å². The summed E-state index contributed by atoms with van der Waals surface area (Å²) in [6.45, 7) is 2.43. The number of amides is 1. The second kappa shape index (κ2) is 7.49. The van der Waals surface area contributed by atoms with E-state index in [1.807, 2.05) is 12.1 Å². The number of carbonyl (C=O) groups is 1. The minimum Gasteiger partial charge on any atom is -0.352 e. The largest absolute Gasteiger partial charge is 0.352 e. The third-order valence-corrected chi connectivity index (χ3v) is 5.11. The van der Waals surface area contributed by atoms with Crippen molar-refractivity contribution in [1.29, 1.82) is 0 Å². The number of hydrogen-bond acceptors (Lipinski definition) is 3. The zero-order valence-corrected chi connectivity index (χ0v) is 15.2. The van der Waals surface area contributed by atoms with Crippen LogP contribution < -0.4 is 5.32 Å². The number of nitrogens with one attached hydrogen (secondary N) is 2. The van der Waals surface area contributed by atoms with Gasteiger partial charge in [-0.3, -0.25) is 14.5 Å². The summed E-state index contributed by atoms with van der Waals surface area (Å²) in [7, 11) is 0. The predicted octanol–water partition coefficient (Wildman–Crippen LogP) is 3.96. The minimum atomic E-state index is -0.0257. The van der Waals surface area contributed by atoms with Gasteiger partial charge in [0.05, 0.1) is 0 Å². The SMILES string of the molecule is CC1CCC(NC(=O)Cn2c(-c3ccc(Cl)cc3)n[nH]c2=S)CC1. The van der Waals surface area contributed by atoms with E-state index < -0.39 is 0 Å². The van der Waals surface area contributed by atoms with Gasteiger partial charge < -0.3 is 5.32 Å². The molecule has 0 bridgehead atoms. The fraction of sp³-hybridized carbons (Fsp3) is 0.471. The van der Waals surface area contributed by atoms with E-state index in [0.717, 1.165) is 24.3 Å². The summed E-state index contributed by atoms with van der Waals surface area (Å²) in [6, 6.07) is 7.59. The summed E-state index contributed by atoms with van der Waals surface area (Å²) < 4.78 is 2.16. The second-order valence-corrected chi connectivity index (χ2v) is 7.29. The molecule has 2 aromatic rings. The summed E-state index contributed by atoms with van der Waals surface area (Å²) in [5.41, 5.74) is 0.867. The van der Waals surface area contributed by atoms with Gasteiger partial charge in [-0.2, -0.15) is 5.10 Å². The Morgan fingerprint density at radius 1 is 1.33 bits per heavy atom. The lowest BCUT2D eigenvalue weighted by Crippen LogP contribution is -2.39. The molecule has 0 radical (unpaired) electrons. The highest BCUT2D eigenvalue weighted by molar-refractivity contribution is 7.71. The minimum absolute atomic E-state index is 0.0257. The second-order valence-electron chi connectivity index (χ2n) is 6.47. The van der Waals surface area contributed by atoms with Gasteiger partial charge in [-0.05, 0) is 68.1 Å². The maximum atomic E-state index is 12.4. The van der Waals surface area contributed by atoms with Gasteiger partial charge >= 0.3 is 0 Å². The Hall–Kier alpha value is -1.66. The summed E-state index contributed by atoms with van der Waals surface area (Å²) in [6.07, 6.45) is 4.44. The zero-order valence-electron chi connectivity index (χ0n) is 13.6. The van der Waals surface area contributed by atoms with Gasteiger partial charge in [0.25, 0.3) is 0 Å². The lowest BCUT2D eigenvalue weighted by atomic mass is 9.87. The molecule has 128 valence electrons. The smallest absolute Gasteiger partial charge is 0.240 e. The lowest BCUT2D eigenvalue weighted by Gasteiger charge is -2.27. The number of halogens is 1. The van der Waals surface area contributed by atoms with Crippen LogP contribution in [0.25, 0.3) is 11.4 Å². The molecule has 1 aliphatic carbocycles. The van der Waals surface area contributed by atoms with Crippen molar-refractivity contribution < 1.29 is 4.79 Å². The van der Waals surface area contributed by atoms with Crippen molar-refractivity contribution >= 4 is 29.7 Å². The maximum absolute atomic E-state index is 12.4. The van der Waals surface area contributed by atoms with E-state index in [0.29, 0.717) is 15.6 Å². The van der Waals surface area contributed by atoms with Crippen molar-refractivity contribution in [3.8, 4) is 11.4 Å². The Kier molecular flexibility index (Phi) is 5.36. The van der Waals surface area contributed by atoms with E-state index in [9.17, 15) is 4.79 Å². The van der Waals surface area contributed by atoms with Crippen LogP contribution >= 0.6 is 23.8 Å². The molecule has 0 aliphatic heterocycles. The first kappa shape index (κ1) is 17.2. The number of hydrogen-bond donors (Lipinski definition) is 2. The molecule has 7 heteroatoms. The zero-order chi connectivity index (χ0) is 17.1. The average molecular weight is 365 g/mol. The van der Waals surface area contributed by atoms with Gasteiger partial charge in [-0.1, -0.05) is 18.5 Å². The van der Waals surface area contributed by atoms with Crippen molar-refractivity contribution in [3.05, 3.63) is 34.1 Å². The molecule has 3 rings (SSSR count). The summed E-state index contributed by atoms with van der Waals surface area (Å²) in [5, 5.41) is 10.8. The molecule has 5 nitrogen and oxygen atoms in total. The molecule has 0 unspecified atom stereocenters. The fourth-order valence-electron chi connectivity index (χ4n) is 3.11. The first-order valence-corrected chi connectivity index (χ1v) is 9.02. The van der Waals surface area contributed by atoms with Crippen molar-refractivity contribution in [3.63, 3.8) is 0 Å². The number of nitrogens with zero attached hydrogens (tertiary/aromatic N) is 2. The highest BCUT2D eigenvalue weighted by Gasteiger charge is 2.20. The Balaban J connectivity index is 1.71. The Labute approximate surface area is 151 Å². The van der Waals surface area contributed by atoms with Crippen molar-refractivity contribution in [1.82, 2.24) is 20.1 Å². The normalized spacial score (nSPS) is 20.8. The molecule has 1 heterocycles. The maximum Gasteiger partial charge on any atom is 0.240 e. The summed E-state index contributed by atoms with van der Waals surface area (Å²) in [4.78, 5) is 12.4. The highest BCUT2D eigenvalue weighted by atomic mass is 35.5. The third kappa shape index (κ3) is 4.05. The topological polar surface area (TPSA) is 62.7 Å². The molecule has 1 fully saturated rings. The number of benzene rings is 1. The molecule has 24 heavy (non-hydrogen) atoms. The number of H-pyrrole nitrogens is 1. The van der Waals surface area contributed by atoms with E-state index in [2.05, 4.69) is 22.4 Å². The van der Waals surface area contributed by atoms with Crippen LogP contribution in [0.15, 0.2) is 24.3 Å². The Morgan fingerprint density at radius 2 is 2.00 bits per heavy atom. The lowest BCUT2D eigenvalue weighted by molar-refractivity contribution is -0.122. The van der Waals surface area contributed by atoms with Crippen molar-refractivity contribution in [2.75, 3.05) is 0 Å². The molecule has 0 spiro atoms. The first-order valence-electron chi connectivity index (χ1n) is 8.23. The van der Waals surface area contributed by atoms with E-state index in [-0.39, 0.29) is 18.5 Å². The van der Waals surface area contributed by atoms with E-state index in [1.165, 1.54) is 12.8 Å². The van der Waals surface area contributed by atoms with Crippen LogP contribution in [0.5, 0.6) is 0 Å². The Morgan fingerprint density at radius 3 is 2.67 bits per heavy atom. The molecule has 2 N–H and O–H groups in total. The monoisotopic (exact) mass is 364 g/mol. The highest BCUT2D eigenvalue weighted by Crippen LogP contribution is 2.24. The van der Waals surface area contributed by atoms with Crippen LogP contribution in [0.1, 0.15) is 32.6 Å². The standard InChI is InChI=1S/C17H21ClN4OS/c1-11-2-8-14(9-3-11)19-15(23)10-22-16(20-21-17(22)24)12-4-6-13(18)7-5-12/h4-7,11,14H,2-3,8-10H2,1H3,(H,19,23)(H,21,24). The Bertz CT molecular complexity index is 760. The number of aromatic nitrogens is 3. The first-order chi connectivity index (χ1) is 11.5. The molecule has 1 aromatic carbocycles. The molecule has 1 amide bonds. The predicted molar refractivity (Wildman–Crippen MR) is 97.4 cm³/mol. The van der Waals surface area contributed by atoms with Crippen LogP contribution in [-0.2, 0) is 11.3 Å². The van der Waals surface area contributed by atoms with Gasteiger partial charge in [-0.15, -0.1) is 0 Å². The number of aromatic amines is 1. The van der Waals surface area contributed by atoms with Crippen LogP contribution in [0.4, 0.5) is 0 Å². The van der Waals surface area contributed by atoms with Gasteiger partial charge in [0.1, 0.15) is 6.54 Å². The van der Waals surface area contributed by atoms with Gasteiger partial charge in [0.2, 0.25) is 5.91 Å². The molecular weight excluding hydrogens is 344 g/mol. The van der Waals surface area contributed by atoms with Crippen molar-refractivity contribution in [2.24, 2.45) is 5.92 Å². The van der Waals surface area contributed by atoms with E-state index in [4.69, 9.17) is 23.8 Å². The quantitative estimate of drug-likeness (QED) is 0.807. The molecule has 0 atom stereocenters. The summed E-state index contributed by atoms with van der Waals surface area (Å²) >= 11 is 11.2. The number of rotatable bonds is 4. The van der Waals surface area contributed by atoms with E-state index in [1.54, 1.807) is 16.7 Å². The third-order valence-electron chi connectivity index (χ3n) is 4.54. The van der Waals surface area contributed by atoms with Crippen LogP contribution in [0, 0.1) is 10.7 Å². The number of carbonyl (C=O) groups excluding carboxylic acids is 1. The summed E-state index contributed by atoms with van der Waals surface area (Å²) in [5.74, 6) is 1.38. The molecule has 1 aliphatic rings. The van der Waals surface area contributed by atoms with Crippen molar-refractivity contribution in [2.45, 2.75) is 45.2 Å². The van der Waals surface area contributed by atoms with Gasteiger partial charge in [0, 0.05) is 16.6 Å². The average Bonchev–Trinajstić information content (AvgIpc) is 2.91. The molecule has 1 saturated carbocycles. The fourth-order valence-corrected chi connectivity index (χ4v) is 3.43. The van der Waals surface area contributed by atoms with Crippen LogP contribution in [-0.4, -0.2) is 26.7 Å². The molecule has 1 aromatic heterocycles. The van der Waals surface area contributed by atoms with Crippen LogP contribution in [0.2, 0.25) is 5.02 Å².